The summed E-state index contributed by atoms with van der Waals surface area (Å²) in [5, 5.41) is 3.63. The fraction of sp³-hybridized carbons (Fsp3) is 0.238. The molecule has 1 aromatic heterocycles. The predicted octanol–water partition coefficient (Wildman–Crippen LogP) is 4.35. The Bertz CT molecular complexity index is 837. The second-order valence-corrected chi connectivity index (χ2v) is 6.27. The van der Waals surface area contributed by atoms with Gasteiger partial charge in [-0.3, -0.25) is 0 Å². The highest BCUT2D eigenvalue weighted by Gasteiger charge is 2.19. The topological polar surface area (TPSA) is 34.4 Å². The highest BCUT2D eigenvalue weighted by Crippen LogP contribution is 2.27. The van der Waals surface area contributed by atoms with Crippen LogP contribution in [0.3, 0.4) is 0 Å². The van der Waals surface area contributed by atoms with Gasteiger partial charge in [0.2, 0.25) is 0 Å². The fourth-order valence-corrected chi connectivity index (χ4v) is 3.21. The largest absolute Gasteiger partial charge is 0.492 e. The van der Waals surface area contributed by atoms with Gasteiger partial charge in [0.05, 0.1) is 0 Å². The number of hydrogen-bond acceptors (Lipinski definition) is 3. The molecule has 0 bridgehead atoms. The number of hydrogen-bond donors (Lipinski definition) is 1. The number of nitrogens with one attached hydrogen (secondary N) is 1. The van der Waals surface area contributed by atoms with Crippen molar-refractivity contribution in [2.24, 2.45) is 0 Å². The monoisotopic (exact) mass is 319 g/mol. The highest BCUT2D eigenvalue weighted by molar-refractivity contribution is 5.62. The zero-order chi connectivity index (χ0) is 16.4. The predicted molar refractivity (Wildman–Crippen MR) is 95.1 cm³/mol. The van der Waals surface area contributed by atoms with E-state index in [4.69, 9.17) is 9.15 Å². The number of aryl methyl sites for hydroxylation is 1. The summed E-state index contributed by atoms with van der Waals surface area (Å²) in [5.74, 6) is 2.88. The number of rotatable bonds is 4. The average Bonchev–Trinajstić information content (AvgIpc) is 3.06. The molecule has 1 atom stereocenters. The van der Waals surface area contributed by atoms with Crippen molar-refractivity contribution in [2.75, 3.05) is 6.61 Å². The molecule has 3 aromatic rings. The molecule has 122 valence electrons. The quantitative estimate of drug-likeness (QED) is 0.776. The van der Waals surface area contributed by atoms with Crippen molar-refractivity contribution >= 4 is 0 Å². The molecule has 0 saturated carbocycles. The second-order valence-electron chi connectivity index (χ2n) is 6.27. The SMILES string of the molecule is Cc1ccc(-c2ccccc2CNC2COc3ccccc3C2)o1. The molecular weight excluding hydrogens is 298 g/mol. The minimum atomic E-state index is 0.325. The number of benzene rings is 2. The average molecular weight is 319 g/mol. The Kier molecular flexibility index (Phi) is 4.09. The first kappa shape index (κ1) is 15.0. The molecule has 0 aliphatic carbocycles. The van der Waals surface area contributed by atoms with Crippen LogP contribution in [0.15, 0.2) is 65.1 Å². The molecule has 0 saturated heterocycles. The Hall–Kier alpha value is -2.52. The first-order chi connectivity index (χ1) is 11.8. The van der Waals surface area contributed by atoms with Crippen LogP contribution in [0.2, 0.25) is 0 Å². The smallest absolute Gasteiger partial charge is 0.134 e. The molecule has 1 N–H and O–H groups in total. The lowest BCUT2D eigenvalue weighted by atomic mass is 10.0. The van der Waals surface area contributed by atoms with E-state index in [0.29, 0.717) is 12.6 Å². The van der Waals surface area contributed by atoms with E-state index in [0.717, 1.165) is 35.8 Å². The molecule has 2 aromatic carbocycles. The van der Waals surface area contributed by atoms with Crippen LogP contribution in [0.25, 0.3) is 11.3 Å². The normalized spacial score (nSPS) is 16.5. The summed E-state index contributed by atoms with van der Waals surface area (Å²) >= 11 is 0. The number of fused-ring (bicyclic) bond motifs is 1. The van der Waals surface area contributed by atoms with Gasteiger partial charge < -0.3 is 14.5 Å². The van der Waals surface area contributed by atoms with E-state index in [9.17, 15) is 0 Å². The van der Waals surface area contributed by atoms with Gasteiger partial charge in [-0.25, -0.2) is 0 Å². The van der Waals surface area contributed by atoms with Crippen LogP contribution >= 0.6 is 0 Å². The van der Waals surface area contributed by atoms with E-state index >= 15 is 0 Å². The Morgan fingerprint density at radius 3 is 2.71 bits per heavy atom. The van der Waals surface area contributed by atoms with E-state index < -0.39 is 0 Å². The maximum atomic E-state index is 5.86. The molecule has 4 rings (SSSR count). The van der Waals surface area contributed by atoms with Gasteiger partial charge in [-0.15, -0.1) is 0 Å². The fourth-order valence-electron chi connectivity index (χ4n) is 3.21. The second kappa shape index (κ2) is 6.54. The lowest BCUT2D eigenvalue weighted by molar-refractivity contribution is 0.238. The molecule has 0 fully saturated rings. The van der Waals surface area contributed by atoms with E-state index in [1.807, 2.05) is 31.2 Å². The molecule has 0 radical (unpaired) electrons. The molecule has 2 heterocycles. The zero-order valence-corrected chi connectivity index (χ0v) is 13.8. The molecule has 0 amide bonds. The Morgan fingerprint density at radius 2 is 1.83 bits per heavy atom. The third-order valence-electron chi connectivity index (χ3n) is 4.48. The number of ether oxygens (including phenoxy) is 1. The highest BCUT2D eigenvalue weighted by atomic mass is 16.5. The van der Waals surface area contributed by atoms with E-state index in [1.54, 1.807) is 0 Å². The van der Waals surface area contributed by atoms with Crippen molar-refractivity contribution < 1.29 is 9.15 Å². The van der Waals surface area contributed by atoms with Crippen LogP contribution in [0.1, 0.15) is 16.9 Å². The summed E-state index contributed by atoms with van der Waals surface area (Å²) in [7, 11) is 0. The summed E-state index contributed by atoms with van der Waals surface area (Å²) in [5.41, 5.74) is 3.66. The van der Waals surface area contributed by atoms with Crippen molar-refractivity contribution in [3.63, 3.8) is 0 Å². The summed E-state index contributed by atoms with van der Waals surface area (Å²) in [6.45, 7) is 3.48. The molecule has 1 unspecified atom stereocenters. The van der Waals surface area contributed by atoms with Crippen molar-refractivity contribution in [3.8, 4) is 17.1 Å². The molecule has 0 spiro atoms. The first-order valence-electron chi connectivity index (χ1n) is 8.38. The van der Waals surface area contributed by atoms with Crippen molar-refractivity contribution in [2.45, 2.75) is 25.9 Å². The van der Waals surface area contributed by atoms with Crippen molar-refractivity contribution in [3.05, 3.63) is 77.6 Å². The third-order valence-corrected chi connectivity index (χ3v) is 4.48. The molecular formula is C21H21NO2. The summed E-state index contributed by atoms with van der Waals surface area (Å²) < 4.78 is 11.7. The minimum Gasteiger partial charge on any atom is -0.492 e. The van der Waals surface area contributed by atoms with Crippen LogP contribution in [0, 0.1) is 6.92 Å². The van der Waals surface area contributed by atoms with E-state index in [-0.39, 0.29) is 0 Å². The summed E-state index contributed by atoms with van der Waals surface area (Å²) in [6, 6.07) is 21.0. The molecule has 1 aliphatic rings. The molecule has 24 heavy (non-hydrogen) atoms. The van der Waals surface area contributed by atoms with E-state index in [2.05, 4.69) is 41.7 Å². The van der Waals surface area contributed by atoms with Crippen LogP contribution in [0.5, 0.6) is 5.75 Å². The van der Waals surface area contributed by atoms with Gasteiger partial charge in [-0.1, -0.05) is 42.5 Å². The lowest BCUT2D eigenvalue weighted by Gasteiger charge is -2.26. The van der Waals surface area contributed by atoms with Gasteiger partial charge in [-0.2, -0.15) is 0 Å². The van der Waals surface area contributed by atoms with Crippen LogP contribution in [0.4, 0.5) is 0 Å². The zero-order valence-electron chi connectivity index (χ0n) is 13.8. The van der Waals surface area contributed by atoms with Crippen LogP contribution in [-0.2, 0) is 13.0 Å². The van der Waals surface area contributed by atoms with Crippen LogP contribution < -0.4 is 10.1 Å². The molecule has 3 heteroatoms. The Balaban J connectivity index is 1.47. The number of para-hydroxylation sites is 1. The third kappa shape index (κ3) is 3.08. The lowest BCUT2D eigenvalue weighted by Crippen LogP contribution is -2.38. The van der Waals surface area contributed by atoms with Crippen LogP contribution in [-0.4, -0.2) is 12.6 Å². The van der Waals surface area contributed by atoms with Crippen molar-refractivity contribution in [1.82, 2.24) is 5.32 Å². The van der Waals surface area contributed by atoms with Gasteiger partial charge in [0.25, 0.3) is 0 Å². The van der Waals surface area contributed by atoms with Gasteiger partial charge in [0.1, 0.15) is 23.9 Å². The van der Waals surface area contributed by atoms with Gasteiger partial charge in [0, 0.05) is 18.2 Å². The number of furan rings is 1. The molecule has 1 aliphatic heterocycles. The maximum absolute atomic E-state index is 5.86. The summed E-state index contributed by atoms with van der Waals surface area (Å²) in [4.78, 5) is 0. The summed E-state index contributed by atoms with van der Waals surface area (Å²) in [6.07, 6.45) is 0.998. The van der Waals surface area contributed by atoms with Gasteiger partial charge in [-0.05, 0) is 42.7 Å². The Labute approximate surface area is 142 Å². The Morgan fingerprint density at radius 1 is 1.00 bits per heavy atom. The maximum Gasteiger partial charge on any atom is 0.134 e. The first-order valence-corrected chi connectivity index (χ1v) is 8.38. The van der Waals surface area contributed by atoms with Crippen molar-refractivity contribution in [1.29, 1.82) is 0 Å². The minimum absolute atomic E-state index is 0.325. The van der Waals surface area contributed by atoms with E-state index in [1.165, 1.54) is 11.1 Å². The standard InChI is InChI=1S/C21H21NO2/c1-15-10-11-21(24-15)19-8-4-2-7-17(19)13-22-18-12-16-6-3-5-9-20(16)23-14-18/h2-11,18,22H,12-14H2,1H3. The van der Waals surface area contributed by atoms with Gasteiger partial charge in [0.15, 0.2) is 0 Å². The molecule has 3 nitrogen and oxygen atoms in total. The van der Waals surface area contributed by atoms with Gasteiger partial charge >= 0.3 is 0 Å².